The van der Waals surface area contributed by atoms with Gasteiger partial charge < -0.3 is 11.1 Å². The van der Waals surface area contributed by atoms with Crippen molar-refractivity contribution in [1.82, 2.24) is 9.97 Å². The summed E-state index contributed by atoms with van der Waals surface area (Å²) in [5.41, 5.74) is 10.8. The zero-order valence-corrected chi connectivity index (χ0v) is 14.4. The van der Waals surface area contributed by atoms with E-state index in [0.717, 1.165) is 33.3 Å². The lowest BCUT2D eigenvalue weighted by atomic mass is 9.91. The van der Waals surface area contributed by atoms with Gasteiger partial charge >= 0.3 is 0 Å². The molecule has 0 fully saturated rings. The van der Waals surface area contributed by atoms with Crippen LogP contribution in [0.3, 0.4) is 0 Å². The summed E-state index contributed by atoms with van der Waals surface area (Å²) in [7, 11) is 0. The molecular formula is C21H18N4O. The van der Waals surface area contributed by atoms with Crippen LogP contribution in [0.25, 0.3) is 16.5 Å². The number of rotatable bonds is 3. The van der Waals surface area contributed by atoms with E-state index >= 15 is 0 Å². The van der Waals surface area contributed by atoms with Gasteiger partial charge in [-0.1, -0.05) is 24.3 Å². The molecule has 5 heteroatoms. The van der Waals surface area contributed by atoms with Crippen LogP contribution in [0.1, 0.15) is 18.9 Å². The van der Waals surface area contributed by atoms with Gasteiger partial charge in [-0.05, 0) is 48.4 Å². The first-order valence-corrected chi connectivity index (χ1v) is 8.40. The molecule has 2 aromatic carbocycles. The van der Waals surface area contributed by atoms with Gasteiger partial charge in [-0.2, -0.15) is 0 Å². The third-order valence-electron chi connectivity index (χ3n) is 4.36. The molecule has 1 aliphatic rings. The van der Waals surface area contributed by atoms with E-state index in [9.17, 15) is 4.79 Å². The fraction of sp³-hybridized carbons (Fsp3) is 0.0952. The number of aromatic nitrogens is 2. The Kier molecular flexibility index (Phi) is 3.97. The van der Waals surface area contributed by atoms with Gasteiger partial charge in [-0.15, -0.1) is 0 Å². The van der Waals surface area contributed by atoms with Crippen LogP contribution in [0.4, 0.5) is 17.3 Å². The minimum atomic E-state index is 0.144. The van der Waals surface area contributed by atoms with E-state index in [1.165, 1.54) is 0 Å². The summed E-state index contributed by atoms with van der Waals surface area (Å²) in [6.45, 7) is 1.96. The lowest BCUT2D eigenvalue weighted by Gasteiger charge is -2.13. The van der Waals surface area contributed by atoms with Gasteiger partial charge in [0.2, 0.25) is 5.95 Å². The summed E-state index contributed by atoms with van der Waals surface area (Å²) >= 11 is 0. The van der Waals surface area contributed by atoms with Crippen LogP contribution in [-0.2, 0) is 4.79 Å². The Morgan fingerprint density at radius 1 is 1.15 bits per heavy atom. The third-order valence-corrected chi connectivity index (χ3v) is 4.36. The number of fused-ring (bicyclic) bond motifs is 1. The molecule has 0 saturated heterocycles. The highest BCUT2D eigenvalue weighted by Crippen LogP contribution is 2.28. The summed E-state index contributed by atoms with van der Waals surface area (Å²) in [5, 5.41) is 4.05. The predicted octanol–water partition coefficient (Wildman–Crippen LogP) is 4.26. The van der Waals surface area contributed by atoms with E-state index in [-0.39, 0.29) is 5.78 Å². The standard InChI is InChI=1S/C21H18N4O/c1-13-4-2-7-19(26)20(13)14-8-9-18-15(10-14)12-23-21(25-18)24-17-6-3-5-16(22)11-17/h2-6,8-12H,7,22H2,1H3,(H,23,24,25). The summed E-state index contributed by atoms with van der Waals surface area (Å²) in [5.74, 6) is 0.646. The van der Waals surface area contributed by atoms with Gasteiger partial charge in [0, 0.05) is 35.0 Å². The van der Waals surface area contributed by atoms with Crippen molar-refractivity contribution in [2.75, 3.05) is 11.1 Å². The average molecular weight is 342 g/mol. The molecule has 1 aliphatic carbocycles. The van der Waals surface area contributed by atoms with Crippen LogP contribution < -0.4 is 11.1 Å². The van der Waals surface area contributed by atoms with E-state index in [1.807, 2.05) is 61.5 Å². The van der Waals surface area contributed by atoms with Gasteiger partial charge in [0.25, 0.3) is 0 Å². The predicted molar refractivity (Wildman–Crippen MR) is 105 cm³/mol. The molecular weight excluding hydrogens is 324 g/mol. The van der Waals surface area contributed by atoms with Crippen molar-refractivity contribution >= 4 is 39.6 Å². The van der Waals surface area contributed by atoms with Crippen molar-refractivity contribution in [3.05, 3.63) is 72.0 Å². The molecule has 0 unspecified atom stereocenters. The van der Waals surface area contributed by atoms with Crippen molar-refractivity contribution in [3.63, 3.8) is 0 Å². The first kappa shape index (κ1) is 16.0. The lowest BCUT2D eigenvalue weighted by Crippen LogP contribution is -2.06. The van der Waals surface area contributed by atoms with Crippen LogP contribution in [0.5, 0.6) is 0 Å². The molecule has 0 spiro atoms. The molecule has 3 N–H and O–H groups in total. The maximum Gasteiger partial charge on any atom is 0.227 e. The SMILES string of the molecule is CC1=C(c2ccc3nc(Nc4cccc(N)c4)ncc3c2)C(=O)CC=C1. The minimum absolute atomic E-state index is 0.144. The summed E-state index contributed by atoms with van der Waals surface area (Å²) in [6, 6.07) is 13.3. The van der Waals surface area contributed by atoms with E-state index in [2.05, 4.69) is 15.3 Å². The van der Waals surface area contributed by atoms with Crippen LogP contribution >= 0.6 is 0 Å². The number of hydrogen-bond acceptors (Lipinski definition) is 5. The molecule has 0 saturated carbocycles. The molecule has 0 aliphatic heterocycles. The largest absolute Gasteiger partial charge is 0.399 e. The molecule has 1 heterocycles. The lowest BCUT2D eigenvalue weighted by molar-refractivity contribution is -0.113. The Labute approximate surface area is 151 Å². The topological polar surface area (TPSA) is 80.9 Å². The number of nitrogens with two attached hydrogens (primary N) is 1. The Bertz CT molecular complexity index is 1080. The Balaban J connectivity index is 1.68. The number of anilines is 3. The molecule has 5 nitrogen and oxygen atoms in total. The highest BCUT2D eigenvalue weighted by atomic mass is 16.1. The number of nitrogen functional groups attached to an aromatic ring is 1. The second-order valence-electron chi connectivity index (χ2n) is 6.31. The number of carbonyl (C=O) groups is 1. The molecule has 4 rings (SSSR count). The molecule has 0 atom stereocenters. The van der Waals surface area contributed by atoms with Crippen molar-refractivity contribution < 1.29 is 4.79 Å². The summed E-state index contributed by atoms with van der Waals surface area (Å²) in [4.78, 5) is 21.2. The number of allylic oxidation sites excluding steroid dienone is 4. The second kappa shape index (κ2) is 6.44. The monoisotopic (exact) mass is 342 g/mol. The van der Waals surface area contributed by atoms with Crippen LogP contribution in [-0.4, -0.2) is 15.8 Å². The van der Waals surface area contributed by atoms with E-state index in [4.69, 9.17) is 5.73 Å². The third kappa shape index (κ3) is 3.07. The van der Waals surface area contributed by atoms with E-state index in [0.29, 0.717) is 18.1 Å². The first-order chi connectivity index (χ1) is 12.6. The highest BCUT2D eigenvalue weighted by Gasteiger charge is 2.16. The van der Waals surface area contributed by atoms with Gasteiger partial charge in [0.05, 0.1) is 5.52 Å². The van der Waals surface area contributed by atoms with Crippen molar-refractivity contribution in [3.8, 4) is 0 Å². The normalized spacial score (nSPS) is 14.1. The van der Waals surface area contributed by atoms with Crippen molar-refractivity contribution in [2.24, 2.45) is 0 Å². The van der Waals surface area contributed by atoms with E-state index in [1.54, 1.807) is 6.20 Å². The number of nitrogens with zero attached hydrogens (tertiary/aromatic N) is 2. The summed E-state index contributed by atoms with van der Waals surface area (Å²) in [6.07, 6.45) is 6.11. The van der Waals surface area contributed by atoms with Crippen molar-refractivity contribution in [1.29, 1.82) is 0 Å². The first-order valence-electron chi connectivity index (χ1n) is 8.40. The number of Topliss-reactive ketones (excluding diaryl/α,β-unsaturated/α-hetero) is 1. The molecule has 0 bridgehead atoms. The molecule has 128 valence electrons. The zero-order valence-electron chi connectivity index (χ0n) is 14.4. The van der Waals surface area contributed by atoms with Crippen LogP contribution in [0.2, 0.25) is 0 Å². The smallest absolute Gasteiger partial charge is 0.227 e. The Morgan fingerprint density at radius 2 is 2.04 bits per heavy atom. The quantitative estimate of drug-likeness (QED) is 0.695. The Hall–Kier alpha value is -3.47. The van der Waals surface area contributed by atoms with Crippen LogP contribution in [0.15, 0.2) is 66.4 Å². The van der Waals surface area contributed by atoms with Gasteiger partial charge in [0.1, 0.15) is 0 Å². The van der Waals surface area contributed by atoms with E-state index < -0.39 is 0 Å². The molecule has 26 heavy (non-hydrogen) atoms. The average Bonchev–Trinajstić information content (AvgIpc) is 2.62. The number of carbonyl (C=O) groups excluding carboxylic acids is 1. The maximum absolute atomic E-state index is 12.3. The molecule has 0 radical (unpaired) electrons. The number of nitrogens with one attached hydrogen (secondary N) is 1. The maximum atomic E-state index is 12.3. The number of benzene rings is 2. The van der Waals surface area contributed by atoms with Gasteiger partial charge in [0.15, 0.2) is 5.78 Å². The second-order valence-corrected chi connectivity index (χ2v) is 6.31. The Morgan fingerprint density at radius 3 is 2.85 bits per heavy atom. The highest BCUT2D eigenvalue weighted by molar-refractivity contribution is 6.23. The van der Waals surface area contributed by atoms with Gasteiger partial charge in [-0.25, -0.2) is 9.97 Å². The fourth-order valence-corrected chi connectivity index (χ4v) is 3.13. The molecule has 3 aromatic rings. The summed E-state index contributed by atoms with van der Waals surface area (Å²) < 4.78 is 0. The molecule has 1 aromatic heterocycles. The number of hydrogen-bond donors (Lipinski definition) is 2. The van der Waals surface area contributed by atoms with Crippen LogP contribution in [0, 0.1) is 0 Å². The van der Waals surface area contributed by atoms with Gasteiger partial charge in [-0.3, -0.25) is 4.79 Å². The fourth-order valence-electron chi connectivity index (χ4n) is 3.13. The minimum Gasteiger partial charge on any atom is -0.399 e. The molecule has 0 amide bonds. The van der Waals surface area contributed by atoms with Crippen molar-refractivity contribution in [2.45, 2.75) is 13.3 Å². The zero-order chi connectivity index (χ0) is 18.1. The number of ketones is 1.